The zero-order valence-electron chi connectivity index (χ0n) is 15.3. The van der Waals surface area contributed by atoms with Crippen LogP contribution in [0.3, 0.4) is 0 Å². The van der Waals surface area contributed by atoms with Crippen molar-refractivity contribution in [2.75, 3.05) is 13.6 Å². The molecule has 0 N–H and O–H groups in total. The minimum absolute atomic E-state index is 0.0806. The molecule has 1 saturated heterocycles. The first-order chi connectivity index (χ1) is 12.4. The van der Waals surface area contributed by atoms with Crippen LogP contribution in [-0.4, -0.2) is 41.1 Å². The molecule has 3 unspecified atom stereocenters. The van der Waals surface area contributed by atoms with Crippen LogP contribution in [0.2, 0.25) is 5.02 Å². The van der Waals surface area contributed by atoms with E-state index in [0.717, 1.165) is 31.2 Å². The van der Waals surface area contributed by atoms with Crippen LogP contribution in [0.25, 0.3) is 0 Å². The minimum atomic E-state index is -0.155. The van der Waals surface area contributed by atoms with Gasteiger partial charge in [0.1, 0.15) is 0 Å². The van der Waals surface area contributed by atoms with E-state index in [2.05, 4.69) is 0 Å². The Labute approximate surface area is 159 Å². The summed E-state index contributed by atoms with van der Waals surface area (Å²) in [6.45, 7) is 2.13. The monoisotopic (exact) mass is 376 g/mol. The molecule has 0 spiro atoms. The summed E-state index contributed by atoms with van der Waals surface area (Å²) in [7, 11) is 1.75. The average molecular weight is 377 g/mol. The highest BCUT2D eigenvalue weighted by atomic mass is 35.5. The van der Waals surface area contributed by atoms with Crippen molar-refractivity contribution in [1.29, 1.82) is 0 Å². The molecule has 140 valence electrons. The molecule has 0 radical (unpaired) electrons. The number of amides is 3. The summed E-state index contributed by atoms with van der Waals surface area (Å²) in [5.41, 5.74) is 0.990. The number of hydrogen-bond acceptors (Lipinski definition) is 3. The normalized spacial score (nSPS) is 23.7. The van der Waals surface area contributed by atoms with Crippen LogP contribution in [0.15, 0.2) is 24.3 Å². The molecule has 1 saturated carbocycles. The van der Waals surface area contributed by atoms with Crippen LogP contribution in [0, 0.1) is 11.8 Å². The van der Waals surface area contributed by atoms with Gasteiger partial charge in [-0.05, 0) is 37.5 Å². The van der Waals surface area contributed by atoms with Crippen molar-refractivity contribution in [3.63, 3.8) is 0 Å². The van der Waals surface area contributed by atoms with Crippen LogP contribution in [0.4, 0.5) is 0 Å². The van der Waals surface area contributed by atoms with Gasteiger partial charge in [0, 0.05) is 25.0 Å². The van der Waals surface area contributed by atoms with Crippen LogP contribution < -0.4 is 0 Å². The lowest BCUT2D eigenvalue weighted by atomic mass is 9.81. The quantitative estimate of drug-likeness (QED) is 0.740. The Morgan fingerprint density at radius 2 is 1.69 bits per heavy atom. The van der Waals surface area contributed by atoms with Crippen molar-refractivity contribution >= 4 is 29.3 Å². The SMILES string of the molecule is CC(c1ccc(Cl)cc1)N(C)C(=O)CCN1C(=O)C2CCCCC2C1=O. The van der Waals surface area contributed by atoms with Gasteiger partial charge in [0.25, 0.3) is 0 Å². The highest BCUT2D eigenvalue weighted by Gasteiger charge is 2.47. The van der Waals surface area contributed by atoms with E-state index in [1.54, 1.807) is 24.1 Å². The number of hydrogen-bond donors (Lipinski definition) is 0. The van der Waals surface area contributed by atoms with E-state index in [-0.39, 0.29) is 48.6 Å². The molecule has 3 rings (SSSR count). The standard InChI is InChI=1S/C20H25ClN2O3/c1-13(14-7-9-15(21)10-8-14)22(2)18(24)11-12-23-19(25)16-5-3-4-6-17(16)20(23)26/h7-10,13,16-17H,3-6,11-12H2,1-2H3. The zero-order chi connectivity index (χ0) is 18.8. The van der Waals surface area contributed by atoms with Crippen molar-refractivity contribution in [2.24, 2.45) is 11.8 Å². The van der Waals surface area contributed by atoms with Gasteiger partial charge in [-0.15, -0.1) is 0 Å². The van der Waals surface area contributed by atoms with Gasteiger partial charge in [-0.2, -0.15) is 0 Å². The first-order valence-corrected chi connectivity index (χ1v) is 9.64. The van der Waals surface area contributed by atoms with Gasteiger partial charge in [0.2, 0.25) is 17.7 Å². The molecule has 2 fully saturated rings. The van der Waals surface area contributed by atoms with Crippen molar-refractivity contribution in [2.45, 2.75) is 45.1 Å². The van der Waals surface area contributed by atoms with Crippen molar-refractivity contribution < 1.29 is 14.4 Å². The van der Waals surface area contributed by atoms with Crippen LogP contribution in [0.5, 0.6) is 0 Å². The third kappa shape index (κ3) is 3.63. The number of imide groups is 1. The number of carbonyl (C=O) groups excluding carboxylic acids is 3. The Morgan fingerprint density at radius 3 is 2.23 bits per heavy atom. The van der Waals surface area contributed by atoms with Gasteiger partial charge >= 0.3 is 0 Å². The highest BCUT2D eigenvalue weighted by molar-refractivity contribution is 6.30. The van der Waals surface area contributed by atoms with Gasteiger partial charge < -0.3 is 4.90 Å². The molecular formula is C20H25ClN2O3. The smallest absolute Gasteiger partial charge is 0.233 e. The van der Waals surface area contributed by atoms with Gasteiger partial charge in [-0.3, -0.25) is 19.3 Å². The molecule has 3 atom stereocenters. The first-order valence-electron chi connectivity index (χ1n) is 9.26. The molecule has 2 aliphatic rings. The second-order valence-electron chi connectivity index (χ2n) is 7.31. The van der Waals surface area contributed by atoms with Gasteiger partial charge in [0.15, 0.2) is 0 Å². The molecular weight excluding hydrogens is 352 g/mol. The molecule has 1 heterocycles. The van der Waals surface area contributed by atoms with Crippen molar-refractivity contribution in [1.82, 2.24) is 9.80 Å². The van der Waals surface area contributed by atoms with E-state index in [9.17, 15) is 14.4 Å². The summed E-state index contributed by atoms with van der Waals surface area (Å²) >= 11 is 5.91. The summed E-state index contributed by atoms with van der Waals surface area (Å²) in [5.74, 6) is -0.557. The topological polar surface area (TPSA) is 57.7 Å². The fourth-order valence-corrected chi connectivity index (χ4v) is 4.14. The first kappa shape index (κ1) is 18.9. The lowest BCUT2D eigenvalue weighted by Crippen LogP contribution is -2.36. The Kier molecular flexibility index (Phi) is 5.66. The number of likely N-dealkylation sites (tertiary alicyclic amines) is 1. The lowest BCUT2D eigenvalue weighted by Gasteiger charge is -2.26. The molecule has 26 heavy (non-hydrogen) atoms. The number of carbonyl (C=O) groups is 3. The third-order valence-corrected chi connectivity index (χ3v) is 6.06. The number of rotatable bonds is 5. The maximum absolute atomic E-state index is 12.6. The molecule has 1 aromatic carbocycles. The van der Waals surface area contributed by atoms with Gasteiger partial charge in [0.05, 0.1) is 17.9 Å². The minimum Gasteiger partial charge on any atom is -0.339 e. The van der Waals surface area contributed by atoms with Crippen LogP contribution in [-0.2, 0) is 14.4 Å². The van der Waals surface area contributed by atoms with Gasteiger partial charge in [-0.1, -0.05) is 36.6 Å². The number of fused-ring (bicyclic) bond motifs is 1. The van der Waals surface area contributed by atoms with E-state index in [1.807, 2.05) is 19.1 Å². The van der Waals surface area contributed by atoms with Crippen molar-refractivity contribution in [3.05, 3.63) is 34.9 Å². The zero-order valence-corrected chi connectivity index (χ0v) is 16.0. The number of halogens is 1. The molecule has 0 aromatic heterocycles. The molecule has 6 heteroatoms. The maximum atomic E-state index is 12.6. The molecule has 1 aliphatic heterocycles. The predicted octanol–water partition coefficient (Wildman–Crippen LogP) is 3.42. The van der Waals surface area contributed by atoms with E-state index >= 15 is 0 Å². The Balaban J connectivity index is 1.58. The maximum Gasteiger partial charge on any atom is 0.233 e. The second kappa shape index (κ2) is 7.78. The average Bonchev–Trinajstić information content (AvgIpc) is 2.90. The molecule has 3 amide bonds. The van der Waals surface area contributed by atoms with E-state index in [4.69, 9.17) is 11.6 Å². The Bertz CT molecular complexity index is 680. The lowest BCUT2D eigenvalue weighted by molar-refractivity contribution is -0.141. The molecule has 1 aliphatic carbocycles. The Hall–Kier alpha value is -1.88. The summed E-state index contributed by atoms with van der Waals surface area (Å²) in [4.78, 5) is 40.5. The summed E-state index contributed by atoms with van der Waals surface area (Å²) in [5, 5.41) is 0.655. The van der Waals surface area contributed by atoms with Crippen LogP contribution in [0.1, 0.15) is 50.6 Å². The summed E-state index contributed by atoms with van der Waals surface area (Å²) in [6, 6.07) is 7.29. The Morgan fingerprint density at radius 1 is 1.15 bits per heavy atom. The van der Waals surface area contributed by atoms with E-state index < -0.39 is 0 Å². The van der Waals surface area contributed by atoms with Gasteiger partial charge in [-0.25, -0.2) is 0 Å². The molecule has 1 aromatic rings. The number of benzene rings is 1. The fraction of sp³-hybridized carbons (Fsp3) is 0.550. The van der Waals surface area contributed by atoms with E-state index in [1.165, 1.54) is 4.90 Å². The summed E-state index contributed by atoms with van der Waals surface area (Å²) < 4.78 is 0. The molecule has 5 nitrogen and oxygen atoms in total. The fourth-order valence-electron chi connectivity index (χ4n) is 4.02. The second-order valence-corrected chi connectivity index (χ2v) is 7.74. The third-order valence-electron chi connectivity index (χ3n) is 5.81. The van der Waals surface area contributed by atoms with Crippen LogP contribution >= 0.6 is 11.6 Å². The summed E-state index contributed by atoms with van der Waals surface area (Å²) in [6.07, 6.45) is 3.77. The largest absolute Gasteiger partial charge is 0.339 e. The predicted molar refractivity (Wildman–Crippen MR) is 99.4 cm³/mol. The van der Waals surface area contributed by atoms with E-state index in [0.29, 0.717) is 5.02 Å². The van der Waals surface area contributed by atoms with Crippen molar-refractivity contribution in [3.8, 4) is 0 Å². The highest BCUT2D eigenvalue weighted by Crippen LogP contribution is 2.38. The number of nitrogens with zero attached hydrogens (tertiary/aromatic N) is 2. The molecule has 0 bridgehead atoms.